The third-order valence-electron chi connectivity index (χ3n) is 5.02. The van der Waals surface area contributed by atoms with E-state index in [9.17, 15) is 4.39 Å². The number of fused-ring (bicyclic) bond motifs is 1. The molecule has 160 valence electrons. The van der Waals surface area contributed by atoms with Crippen molar-refractivity contribution in [1.29, 1.82) is 0 Å². The Balaban J connectivity index is 0.00000256. The second kappa shape index (κ2) is 10.6. The van der Waals surface area contributed by atoms with Crippen molar-refractivity contribution in [1.82, 2.24) is 15.6 Å². The summed E-state index contributed by atoms with van der Waals surface area (Å²) in [6.07, 6.45) is 3.27. The van der Waals surface area contributed by atoms with Crippen molar-refractivity contribution >= 4 is 46.7 Å². The Morgan fingerprint density at radius 3 is 2.97 bits per heavy atom. The number of rotatable bonds is 6. The molecule has 6 nitrogen and oxygen atoms in total. The average molecular weight is 523 g/mol. The van der Waals surface area contributed by atoms with Gasteiger partial charge < -0.3 is 20.0 Å². The number of aliphatic imine (C=N–C) groups is 1. The first-order chi connectivity index (χ1) is 14.2. The first kappa shape index (κ1) is 22.3. The summed E-state index contributed by atoms with van der Waals surface area (Å²) in [6.45, 7) is 4.91. The lowest BCUT2D eigenvalue weighted by Gasteiger charge is -2.19. The van der Waals surface area contributed by atoms with E-state index in [1.807, 2.05) is 36.1 Å². The first-order valence-electron chi connectivity index (χ1n) is 10.1. The van der Waals surface area contributed by atoms with Gasteiger partial charge in [-0.15, -0.1) is 24.0 Å². The lowest BCUT2D eigenvalue weighted by atomic mass is 10.2. The van der Waals surface area contributed by atoms with Gasteiger partial charge in [-0.1, -0.05) is 18.2 Å². The molecule has 1 fully saturated rings. The number of guanidine groups is 1. The average Bonchev–Trinajstić information content (AvgIpc) is 3.35. The van der Waals surface area contributed by atoms with Crippen LogP contribution in [0, 0.1) is 5.82 Å². The highest BCUT2D eigenvalue weighted by atomic mass is 127. The number of benzene rings is 1. The van der Waals surface area contributed by atoms with Crippen molar-refractivity contribution in [2.75, 3.05) is 31.1 Å². The molecule has 30 heavy (non-hydrogen) atoms. The SMILES string of the molecule is CCNC(=NCCc1cc2ccccc2o1)NC1CCN(c2ncccc2F)C1.I. The van der Waals surface area contributed by atoms with Crippen LogP contribution in [-0.2, 0) is 6.42 Å². The van der Waals surface area contributed by atoms with E-state index in [0.29, 0.717) is 18.9 Å². The molecule has 0 saturated carbocycles. The van der Waals surface area contributed by atoms with Gasteiger partial charge in [-0.3, -0.25) is 4.99 Å². The number of furan rings is 1. The van der Waals surface area contributed by atoms with E-state index in [0.717, 1.165) is 48.6 Å². The van der Waals surface area contributed by atoms with Crippen LogP contribution in [0.4, 0.5) is 10.2 Å². The zero-order valence-corrected chi connectivity index (χ0v) is 19.3. The summed E-state index contributed by atoms with van der Waals surface area (Å²) < 4.78 is 19.8. The number of nitrogens with zero attached hydrogens (tertiary/aromatic N) is 3. The molecule has 0 radical (unpaired) electrons. The van der Waals surface area contributed by atoms with Gasteiger partial charge in [0.15, 0.2) is 17.6 Å². The van der Waals surface area contributed by atoms with Crippen molar-refractivity contribution < 1.29 is 8.81 Å². The molecule has 1 aliphatic heterocycles. The number of hydrogen-bond acceptors (Lipinski definition) is 4. The van der Waals surface area contributed by atoms with E-state index < -0.39 is 0 Å². The van der Waals surface area contributed by atoms with Crippen LogP contribution >= 0.6 is 24.0 Å². The predicted octanol–water partition coefficient (Wildman–Crippen LogP) is 3.96. The second-order valence-corrected chi connectivity index (χ2v) is 7.15. The summed E-state index contributed by atoms with van der Waals surface area (Å²) in [6, 6.07) is 13.3. The molecular weight excluding hydrogens is 496 g/mol. The molecule has 1 atom stereocenters. The quantitative estimate of drug-likeness (QED) is 0.291. The van der Waals surface area contributed by atoms with Crippen molar-refractivity contribution in [2.24, 2.45) is 4.99 Å². The summed E-state index contributed by atoms with van der Waals surface area (Å²) in [5.41, 5.74) is 0.907. The molecule has 2 aromatic heterocycles. The third kappa shape index (κ3) is 5.41. The first-order valence-corrected chi connectivity index (χ1v) is 10.1. The third-order valence-corrected chi connectivity index (χ3v) is 5.02. The molecule has 1 aliphatic rings. The standard InChI is InChI=1S/C22H26FN5O.HI/c1-2-24-22(26-12-9-18-14-16-6-3-4-8-20(16)29-18)27-17-10-13-28(15-17)21-19(23)7-5-11-25-21;/h3-8,11,14,17H,2,9-10,12-13,15H2,1H3,(H2,24,26,27);1H. The maximum absolute atomic E-state index is 14.0. The van der Waals surface area contributed by atoms with Crippen molar-refractivity contribution in [3.05, 3.63) is 60.2 Å². The molecule has 0 spiro atoms. The zero-order chi connectivity index (χ0) is 20.1. The Labute approximate surface area is 193 Å². The highest BCUT2D eigenvalue weighted by Crippen LogP contribution is 2.21. The molecule has 0 aliphatic carbocycles. The molecular formula is C22H27FIN5O. The topological polar surface area (TPSA) is 65.7 Å². The minimum atomic E-state index is -0.278. The van der Waals surface area contributed by atoms with Crippen LogP contribution in [0.2, 0.25) is 0 Å². The van der Waals surface area contributed by atoms with Gasteiger partial charge >= 0.3 is 0 Å². The molecule has 3 heterocycles. The molecule has 1 unspecified atom stereocenters. The highest BCUT2D eigenvalue weighted by molar-refractivity contribution is 14.0. The van der Waals surface area contributed by atoms with Gasteiger partial charge in [-0.05, 0) is 37.6 Å². The number of pyridine rings is 1. The summed E-state index contributed by atoms with van der Waals surface area (Å²) in [7, 11) is 0. The molecule has 1 saturated heterocycles. The number of para-hydroxylation sites is 1. The Morgan fingerprint density at radius 1 is 1.30 bits per heavy atom. The maximum atomic E-state index is 14.0. The lowest BCUT2D eigenvalue weighted by Crippen LogP contribution is -2.44. The van der Waals surface area contributed by atoms with Gasteiger partial charge in [0.2, 0.25) is 0 Å². The van der Waals surface area contributed by atoms with E-state index >= 15 is 0 Å². The summed E-state index contributed by atoms with van der Waals surface area (Å²) in [5, 5.41) is 7.87. The molecule has 2 N–H and O–H groups in total. The zero-order valence-electron chi connectivity index (χ0n) is 17.0. The number of hydrogen-bond donors (Lipinski definition) is 2. The molecule has 8 heteroatoms. The summed E-state index contributed by atoms with van der Waals surface area (Å²) in [5.74, 6) is 1.85. The highest BCUT2D eigenvalue weighted by Gasteiger charge is 2.25. The van der Waals surface area contributed by atoms with Crippen LogP contribution in [0.25, 0.3) is 11.0 Å². The fourth-order valence-electron chi connectivity index (χ4n) is 3.63. The van der Waals surface area contributed by atoms with Gasteiger partial charge in [0.05, 0.1) is 0 Å². The Kier molecular flexibility index (Phi) is 7.89. The van der Waals surface area contributed by atoms with Crippen LogP contribution in [-0.4, -0.2) is 43.2 Å². The Morgan fingerprint density at radius 2 is 2.17 bits per heavy atom. The van der Waals surface area contributed by atoms with Crippen molar-refractivity contribution in [2.45, 2.75) is 25.8 Å². The largest absolute Gasteiger partial charge is 0.461 e. The summed E-state index contributed by atoms with van der Waals surface area (Å²) >= 11 is 0. The Bertz CT molecular complexity index is 959. The van der Waals surface area contributed by atoms with Crippen molar-refractivity contribution in [3.63, 3.8) is 0 Å². The van der Waals surface area contributed by atoms with E-state index in [1.54, 1.807) is 12.3 Å². The van der Waals surface area contributed by atoms with Crippen molar-refractivity contribution in [3.8, 4) is 0 Å². The van der Waals surface area contributed by atoms with Gasteiger partial charge in [-0.25, -0.2) is 9.37 Å². The van der Waals surface area contributed by atoms with Crippen LogP contribution in [0.15, 0.2) is 58.1 Å². The minimum Gasteiger partial charge on any atom is -0.461 e. The van der Waals surface area contributed by atoms with Crippen LogP contribution in [0.3, 0.4) is 0 Å². The lowest BCUT2D eigenvalue weighted by molar-refractivity contribution is 0.549. The van der Waals surface area contributed by atoms with E-state index in [1.165, 1.54) is 6.07 Å². The predicted molar refractivity (Wildman–Crippen MR) is 129 cm³/mol. The van der Waals surface area contributed by atoms with E-state index in [2.05, 4.69) is 26.7 Å². The molecule has 4 rings (SSSR count). The Hall–Kier alpha value is -2.36. The van der Waals surface area contributed by atoms with Gasteiger partial charge in [0, 0.05) is 50.2 Å². The normalized spacial score (nSPS) is 16.5. The smallest absolute Gasteiger partial charge is 0.191 e. The number of anilines is 1. The minimum absolute atomic E-state index is 0. The van der Waals surface area contributed by atoms with Gasteiger partial charge in [0.1, 0.15) is 11.3 Å². The number of halogens is 2. The van der Waals surface area contributed by atoms with Gasteiger partial charge in [-0.2, -0.15) is 0 Å². The van der Waals surface area contributed by atoms with E-state index in [-0.39, 0.29) is 35.8 Å². The van der Waals surface area contributed by atoms with Crippen LogP contribution < -0.4 is 15.5 Å². The van der Waals surface area contributed by atoms with E-state index in [4.69, 9.17) is 4.42 Å². The maximum Gasteiger partial charge on any atom is 0.191 e. The van der Waals surface area contributed by atoms with Crippen LogP contribution in [0.5, 0.6) is 0 Å². The number of nitrogens with one attached hydrogen (secondary N) is 2. The molecule has 1 aromatic carbocycles. The monoisotopic (exact) mass is 523 g/mol. The summed E-state index contributed by atoms with van der Waals surface area (Å²) in [4.78, 5) is 10.8. The fraction of sp³-hybridized carbons (Fsp3) is 0.364. The molecule has 0 bridgehead atoms. The second-order valence-electron chi connectivity index (χ2n) is 7.15. The number of aromatic nitrogens is 1. The molecule has 3 aromatic rings. The fourth-order valence-corrected chi connectivity index (χ4v) is 3.63. The van der Waals surface area contributed by atoms with Gasteiger partial charge in [0.25, 0.3) is 0 Å². The molecule has 0 amide bonds. The van der Waals surface area contributed by atoms with Crippen LogP contribution in [0.1, 0.15) is 19.1 Å².